The van der Waals surface area contributed by atoms with Crippen LogP contribution >= 0.6 is 0 Å². The van der Waals surface area contributed by atoms with Gasteiger partial charge in [-0.2, -0.15) is 0 Å². The second kappa shape index (κ2) is 11.5. The molecule has 0 aliphatic carbocycles. The maximum Gasteiger partial charge on any atom is 0.263 e. The highest BCUT2D eigenvalue weighted by molar-refractivity contribution is 6.22. The molecule has 0 aliphatic rings. The Labute approximate surface area is 285 Å². The summed E-state index contributed by atoms with van der Waals surface area (Å²) in [6.07, 6.45) is 0. The second-order valence-electron chi connectivity index (χ2n) is 13.0. The molecular weight excluding hydrogens is 595 g/mol. The first kappa shape index (κ1) is 28.9. The molecule has 0 spiro atoms. The van der Waals surface area contributed by atoms with Gasteiger partial charge in [0, 0.05) is 16.5 Å². The second-order valence-corrected chi connectivity index (χ2v) is 13.0. The normalized spacial score (nSPS) is 11.6. The van der Waals surface area contributed by atoms with Gasteiger partial charge < -0.3 is 0 Å². The SMILES string of the molecule is Cc1ccc2c(-c3ccc4c(c3)c3ccccc3c(=O)n4-c3ccccc3)c3cc(C)ccc3c(-c3ccc(-c4ccccc4)cc3)c2c1. The van der Waals surface area contributed by atoms with Crippen molar-refractivity contribution in [3.05, 3.63) is 185 Å². The fourth-order valence-corrected chi connectivity index (χ4v) is 7.61. The topological polar surface area (TPSA) is 22.0 Å². The van der Waals surface area contributed by atoms with Crippen LogP contribution in [0.5, 0.6) is 0 Å². The van der Waals surface area contributed by atoms with Crippen molar-refractivity contribution in [1.29, 1.82) is 0 Å². The van der Waals surface area contributed by atoms with Crippen molar-refractivity contribution in [3.8, 4) is 39.1 Å². The molecule has 0 N–H and O–H groups in total. The van der Waals surface area contributed by atoms with Crippen molar-refractivity contribution in [2.75, 3.05) is 0 Å². The summed E-state index contributed by atoms with van der Waals surface area (Å²) in [5, 5.41) is 7.63. The molecule has 0 atom stereocenters. The zero-order valence-electron chi connectivity index (χ0n) is 27.4. The molecule has 0 aliphatic heterocycles. The van der Waals surface area contributed by atoms with Crippen molar-refractivity contribution in [1.82, 2.24) is 4.57 Å². The van der Waals surface area contributed by atoms with Gasteiger partial charge >= 0.3 is 0 Å². The predicted octanol–water partition coefficient (Wildman–Crippen LogP) is 12.1. The van der Waals surface area contributed by atoms with Crippen LogP contribution in [0.2, 0.25) is 0 Å². The molecule has 0 fully saturated rings. The van der Waals surface area contributed by atoms with E-state index in [4.69, 9.17) is 0 Å². The summed E-state index contributed by atoms with van der Waals surface area (Å²) in [7, 11) is 0. The third kappa shape index (κ3) is 4.76. The van der Waals surface area contributed by atoms with Crippen LogP contribution in [-0.4, -0.2) is 4.57 Å². The number of hydrogen-bond acceptors (Lipinski definition) is 1. The Hall–Kier alpha value is -6.25. The predicted molar refractivity (Wildman–Crippen MR) is 208 cm³/mol. The van der Waals surface area contributed by atoms with Crippen LogP contribution in [0.3, 0.4) is 0 Å². The van der Waals surface area contributed by atoms with Gasteiger partial charge in [-0.05, 0) is 104 Å². The minimum atomic E-state index is -0.00770. The lowest BCUT2D eigenvalue weighted by Gasteiger charge is -2.20. The van der Waals surface area contributed by atoms with Crippen molar-refractivity contribution >= 4 is 43.2 Å². The van der Waals surface area contributed by atoms with E-state index >= 15 is 0 Å². The molecular formula is C47H33NO. The van der Waals surface area contributed by atoms with E-state index in [2.05, 4.69) is 129 Å². The summed E-state index contributed by atoms with van der Waals surface area (Å²) in [4.78, 5) is 14.0. The number of benzene rings is 8. The molecule has 49 heavy (non-hydrogen) atoms. The van der Waals surface area contributed by atoms with Gasteiger partial charge in [-0.25, -0.2) is 0 Å². The van der Waals surface area contributed by atoms with Gasteiger partial charge in [-0.15, -0.1) is 0 Å². The maximum atomic E-state index is 14.0. The Morgan fingerprint density at radius 1 is 0.367 bits per heavy atom. The van der Waals surface area contributed by atoms with Crippen LogP contribution < -0.4 is 5.56 Å². The minimum absolute atomic E-state index is 0.00770. The molecule has 0 unspecified atom stereocenters. The van der Waals surface area contributed by atoms with E-state index in [1.165, 1.54) is 60.5 Å². The number of nitrogens with zero attached hydrogens (tertiary/aromatic N) is 1. The fourth-order valence-electron chi connectivity index (χ4n) is 7.61. The van der Waals surface area contributed by atoms with E-state index in [0.717, 1.165) is 27.5 Å². The first-order chi connectivity index (χ1) is 24.0. The van der Waals surface area contributed by atoms with Gasteiger partial charge in [0.2, 0.25) is 0 Å². The third-order valence-corrected chi connectivity index (χ3v) is 9.90. The van der Waals surface area contributed by atoms with Gasteiger partial charge in [0.15, 0.2) is 0 Å². The number of hydrogen-bond donors (Lipinski definition) is 0. The zero-order chi connectivity index (χ0) is 33.1. The Kier molecular flexibility index (Phi) is 6.77. The molecule has 0 saturated heterocycles. The summed E-state index contributed by atoms with van der Waals surface area (Å²) < 4.78 is 1.85. The molecule has 0 saturated carbocycles. The van der Waals surface area contributed by atoms with Gasteiger partial charge in [-0.1, -0.05) is 145 Å². The number of aryl methyl sites for hydroxylation is 2. The maximum absolute atomic E-state index is 14.0. The van der Waals surface area contributed by atoms with E-state index in [-0.39, 0.29) is 5.56 Å². The molecule has 9 rings (SSSR count). The van der Waals surface area contributed by atoms with Gasteiger partial charge in [0.05, 0.1) is 5.52 Å². The van der Waals surface area contributed by atoms with E-state index < -0.39 is 0 Å². The highest BCUT2D eigenvalue weighted by atomic mass is 16.1. The van der Waals surface area contributed by atoms with E-state index in [1.807, 2.05) is 53.1 Å². The molecule has 0 bridgehead atoms. The molecule has 232 valence electrons. The lowest BCUT2D eigenvalue weighted by molar-refractivity contribution is 1.06. The molecule has 2 nitrogen and oxygen atoms in total. The molecule has 1 aromatic heterocycles. The summed E-state index contributed by atoms with van der Waals surface area (Å²) >= 11 is 0. The molecule has 1 heterocycles. The minimum Gasteiger partial charge on any atom is -0.276 e. The van der Waals surface area contributed by atoms with Crippen molar-refractivity contribution in [2.24, 2.45) is 0 Å². The largest absolute Gasteiger partial charge is 0.276 e. The van der Waals surface area contributed by atoms with Crippen LogP contribution in [0.25, 0.3) is 82.3 Å². The van der Waals surface area contributed by atoms with Gasteiger partial charge in [-0.3, -0.25) is 9.36 Å². The van der Waals surface area contributed by atoms with Crippen molar-refractivity contribution in [2.45, 2.75) is 13.8 Å². The van der Waals surface area contributed by atoms with Crippen LogP contribution in [0.1, 0.15) is 11.1 Å². The molecule has 9 aromatic rings. The summed E-state index contributed by atoms with van der Waals surface area (Å²) in [6, 6.07) is 57.8. The van der Waals surface area contributed by atoms with Crippen LogP contribution in [0.15, 0.2) is 169 Å². The quantitative estimate of drug-likeness (QED) is 0.141. The first-order valence-corrected chi connectivity index (χ1v) is 16.8. The molecule has 8 aromatic carbocycles. The van der Waals surface area contributed by atoms with Gasteiger partial charge in [0.1, 0.15) is 0 Å². The van der Waals surface area contributed by atoms with E-state index in [0.29, 0.717) is 5.39 Å². The Morgan fingerprint density at radius 3 is 1.53 bits per heavy atom. The Balaban J connectivity index is 1.35. The number of aromatic nitrogens is 1. The van der Waals surface area contributed by atoms with Crippen LogP contribution in [-0.2, 0) is 0 Å². The van der Waals surface area contributed by atoms with E-state index in [1.54, 1.807) is 0 Å². The smallest absolute Gasteiger partial charge is 0.263 e. The molecule has 0 amide bonds. The van der Waals surface area contributed by atoms with Crippen LogP contribution in [0.4, 0.5) is 0 Å². The Bertz CT molecular complexity index is 2780. The molecule has 0 radical (unpaired) electrons. The number of rotatable bonds is 4. The van der Waals surface area contributed by atoms with Gasteiger partial charge in [0.25, 0.3) is 5.56 Å². The zero-order valence-corrected chi connectivity index (χ0v) is 27.4. The highest BCUT2D eigenvalue weighted by Crippen LogP contribution is 2.45. The number of para-hydroxylation sites is 1. The average molecular weight is 628 g/mol. The van der Waals surface area contributed by atoms with E-state index in [9.17, 15) is 4.79 Å². The van der Waals surface area contributed by atoms with Crippen molar-refractivity contribution < 1.29 is 0 Å². The summed E-state index contributed by atoms with van der Waals surface area (Å²) in [5.41, 5.74) is 11.4. The average Bonchev–Trinajstić information content (AvgIpc) is 3.15. The monoisotopic (exact) mass is 627 g/mol. The standard InChI is InChI=1S/C47H33NO/c1-30-18-25-39-42(27-30)45(34-21-19-33(20-22-34)32-11-5-3-6-12-32)38-24-17-31(2)28-43(38)46(39)35-23-26-44-41(29-35)37-15-9-10-16-40(37)47(49)48(44)36-13-7-4-8-14-36/h3-29H,1-2H3. The third-order valence-electron chi connectivity index (χ3n) is 9.90. The van der Waals surface area contributed by atoms with Crippen molar-refractivity contribution in [3.63, 3.8) is 0 Å². The number of fused-ring (bicyclic) bond motifs is 5. The summed E-state index contributed by atoms with van der Waals surface area (Å²) in [5.74, 6) is 0. The fraction of sp³-hybridized carbons (Fsp3) is 0.0426. The lowest BCUT2D eigenvalue weighted by atomic mass is 9.84. The molecule has 2 heteroatoms. The highest BCUT2D eigenvalue weighted by Gasteiger charge is 2.19. The van der Waals surface area contributed by atoms with Crippen LogP contribution in [0, 0.1) is 13.8 Å². The first-order valence-electron chi connectivity index (χ1n) is 16.8. The summed E-state index contributed by atoms with van der Waals surface area (Å²) in [6.45, 7) is 4.34. The Morgan fingerprint density at radius 2 is 0.878 bits per heavy atom. The number of pyridine rings is 1. The lowest BCUT2D eigenvalue weighted by Crippen LogP contribution is -2.19.